The topological polar surface area (TPSA) is 105 Å². The summed E-state index contributed by atoms with van der Waals surface area (Å²) >= 11 is 0. The largest absolute Gasteiger partial charge is 0.339 e. The van der Waals surface area contributed by atoms with Crippen LogP contribution in [0.2, 0.25) is 0 Å². The summed E-state index contributed by atoms with van der Waals surface area (Å²) < 4.78 is 26.5. The van der Waals surface area contributed by atoms with Gasteiger partial charge in [0, 0.05) is 28.6 Å². The van der Waals surface area contributed by atoms with Crippen molar-refractivity contribution in [1.82, 2.24) is 10.3 Å². The Morgan fingerprint density at radius 1 is 0.846 bits per heavy atom. The zero-order valence-electron chi connectivity index (χ0n) is 22.6. The van der Waals surface area contributed by atoms with Crippen molar-refractivity contribution in [3.63, 3.8) is 0 Å². The molecule has 8 heteroatoms. The van der Waals surface area contributed by atoms with Crippen molar-refractivity contribution in [3.05, 3.63) is 102 Å². The molecule has 2 amide bonds. The number of sulfone groups is 1. The third kappa shape index (κ3) is 7.09. The molecule has 0 aliphatic rings. The van der Waals surface area contributed by atoms with E-state index < -0.39 is 33.1 Å². The molecular weight excluding hydrogens is 510 g/mol. The maximum absolute atomic E-state index is 13.6. The average Bonchev–Trinajstić information content (AvgIpc) is 2.87. The Morgan fingerprint density at radius 3 is 2.21 bits per heavy atom. The summed E-state index contributed by atoms with van der Waals surface area (Å²) in [6, 6.07) is 23.9. The van der Waals surface area contributed by atoms with Crippen LogP contribution >= 0.6 is 0 Å². The molecule has 1 aromatic heterocycles. The van der Waals surface area contributed by atoms with Crippen LogP contribution in [0, 0.1) is 12.3 Å². The van der Waals surface area contributed by atoms with E-state index >= 15 is 0 Å². The summed E-state index contributed by atoms with van der Waals surface area (Å²) in [7, 11) is -3.57. The zero-order valence-corrected chi connectivity index (χ0v) is 23.4. The third-order valence-corrected chi connectivity index (χ3v) is 8.40. The Kier molecular flexibility index (Phi) is 8.16. The molecule has 0 bridgehead atoms. The summed E-state index contributed by atoms with van der Waals surface area (Å²) in [5.41, 5.74) is 1.84. The van der Waals surface area contributed by atoms with Gasteiger partial charge in [0.05, 0.1) is 10.6 Å². The molecule has 0 aliphatic heterocycles. The van der Waals surface area contributed by atoms with Gasteiger partial charge >= 0.3 is 0 Å². The average molecular weight is 544 g/mol. The van der Waals surface area contributed by atoms with E-state index in [2.05, 4.69) is 15.6 Å². The smallest absolute Gasteiger partial charge is 0.270 e. The van der Waals surface area contributed by atoms with Crippen LogP contribution in [0.1, 0.15) is 42.5 Å². The van der Waals surface area contributed by atoms with Gasteiger partial charge in [-0.25, -0.2) is 13.4 Å². The van der Waals surface area contributed by atoms with Crippen molar-refractivity contribution in [1.29, 1.82) is 0 Å². The van der Waals surface area contributed by atoms with Crippen LogP contribution in [0.15, 0.2) is 89.8 Å². The molecule has 0 saturated carbocycles. The minimum absolute atomic E-state index is 0.00607. The minimum Gasteiger partial charge on any atom is -0.339 e. The van der Waals surface area contributed by atoms with Gasteiger partial charge in [0.15, 0.2) is 9.84 Å². The van der Waals surface area contributed by atoms with Gasteiger partial charge < -0.3 is 10.6 Å². The molecule has 4 rings (SSSR count). The van der Waals surface area contributed by atoms with E-state index in [0.29, 0.717) is 22.2 Å². The lowest BCUT2D eigenvalue weighted by Crippen LogP contribution is -2.45. The lowest BCUT2D eigenvalue weighted by atomic mass is 10.0. The molecule has 1 heterocycles. The number of pyridine rings is 1. The van der Waals surface area contributed by atoms with Gasteiger partial charge in [-0.15, -0.1) is 0 Å². The summed E-state index contributed by atoms with van der Waals surface area (Å²) in [5.74, 6) is -0.882. The number of amides is 2. The minimum atomic E-state index is -3.57. The molecule has 2 N–H and O–H groups in total. The highest BCUT2D eigenvalue weighted by atomic mass is 32.2. The SMILES string of the molecule is Cc1cccc(C(=O)N[C@@H](Cc2ccccc2)C(=O)Nc2cccc3c(S(=O)(=O)CC(C)(C)C)cccc23)n1. The molecule has 1 atom stereocenters. The molecule has 0 spiro atoms. The van der Waals surface area contributed by atoms with Crippen molar-refractivity contribution in [2.75, 3.05) is 11.1 Å². The number of carbonyl (C=O) groups is 2. The van der Waals surface area contributed by atoms with Crippen LogP contribution in [0.4, 0.5) is 5.69 Å². The first-order valence-electron chi connectivity index (χ1n) is 12.8. The number of aromatic nitrogens is 1. The number of carbonyl (C=O) groups excluding carboxylic acids is 2. The zero-order chi connectivity index (χ0) is 28.2. The second-order valence-electron chi connectivity index (χ2n) is 10.8. The molecule has 7 nitrogen and oxygen atoms in total. The first-order chi connectivity index (χ1) is 18.4. The van der Waals surface area contributed by atoms with E-state index in [-0.39, 0.29) is 22.8 Å². The molecule has 4 aromatic rings. The number of fused-ring (bicyclic) bond motifs is 1. The van der Waals surface area contributed by atoms with E-state index in [1.54, 1.807) is 61.5 Å². The monoisotopic (exact) mass is 543 g/mol. The van der Waals surface area contributed by atoms with E-state index in [4.69, 9.17) is 0 Å². The standard InChI is InChI=1S/C31H33N3O4S/c1-21-11-8-17-26(32-21)29(35)34-27(19-22-12-6-5-7-13-22)30(36)33-25-16-9-15-24-23(25)14-10-18-28(24)39(37,38)20-31(2,3)4/h5-18,27H,19-20H2,1-4H3,(H,33,36)(H,34,35)/t27-/m0/s1. The quantitative estimate of drug-likeness (QED) is 0.312. The van der Waals surface area contributed by atoms with Crippen molar-refractivity contribution < 1.29 is 18.0 Å². The van der Waals surface area contributed by atoms with Gasteiger partial charge in [0.2, 0.25) is 5.91 Å². The van der Waals surface area contributed by atoms with Gasteiger partial charge in [-0.1, -0.05) is 81.4 Å². The van der Waals surface area contributed by atoms with Crippen LogP contribution < -0.4 is 10.6 Å². The van der Waals surface area contributed by atoms with Gasteiger partial charge in [0.25, 0.3) is 5.91 Å². The summed E-state index contributed by atoms with van der Waals surface area (Å²) in [5, 5.41) is 6.90. The predicted octanol–water partition coefficient (Wildman–Crippen LogP) is 5.34. The molecular formula is C31H33N3O4S. The van der Waals surface area contributed by atoms with E-state index in [1.165, 1.54) is 0 Å². The first kappa shape index (κ1) is 28.0. The molecule has 39 heavy (non-hydrogen) atoms. The maximum atomic E-state index is 13.6. The molecule has 202 valence electrons. The van der Waals surface area contributed by atoms with Crippen molar-refractivity contribution in [3.8, 4) is 0 Å². The second-order valence-corrected chi connectivity index (χ2v) is 12.8. The lowest BCUT2D eigenvalue weighted by Gasteiger charge is -2.21. The Morgan fingerprint density at radius 2 is 1.51 bits per heavy atom. The Balaban J connectivity index is 1.66. The van der Waals surface area contributed by atoms with Gasteiger partial charge in [0.1, 0.15) is 11.7 Å². The van der Waals surface area contributed by atoms with Crippen LogP contribution in [-0.2, 0) is 21.1 Å². The molecule has 0 fully saturated rings. The fourth-order valence-electron chi connectivity index (χ4n) is 4.49. The summed E-state index contributed by atoms with van der Waals surface area (Å²) in [6.45, 7) is 7.44. The van der Waals surface area contributed by atoms with Gasteiger partial charge in [-0.2, -0.15) is 0 Å². The fraction of sp³-hybridized carbons (Fsp3) is 0.258. The predicted molar refractivity (Wildman–Crippen MR) is 154 cm³/mol. The third-order valence-electron chi connectivity index (χ3n) is 6.12. The number of benzene rings is 3. The van der Waals surface area contributed by atoms with Crippen molar-refractivity contribution >= 4 is 38.1 Å². The normalized spacial score (nSPS) is 12.6. The molecule has 0 saturated heterocycles. The van der Waals surface area contributed by atoms with Crippen molar-refractivity contribution in [2.45, 2.75) is 45.1 Å². The highest BCUT2D eigenvalue weighted by Crippen LogP contribution is 2.31. The van der Waals surface area contributed by atoms with Crippen LogP contribution in [0.25, 0.3) is 10.8 Å². The molecule has 0 radical (unpaired) electrons. The maximum Gasteiger partial charge on any atom is 0.270 e. The highest BCUT2D eigenvalue weighted by molar-refractivity contribution is 7.91. The number of aryl methyl sites for hydroxylation is 1. The number of hydrogen-bond acceptors (Lipinski definition) is 5. The highest BCUT2D eigenvalue weighted by Gasteiger charge is 2.27. The Labute approximate surface area is 229 Å². The second kappa shape index (κ2) is 11.4. The summed E-state index contributed by atoms with van der Waals surface area (Å²) in [4.78, 5) is 31.1. The van der Waals surface area contributed by atoms with Crippen LogP contribution in [-0.4, -0.2) is 37.0 Å². The number of nitrogens with one attached hydrogen (secondary N) is 2. The Hall–Kier alpha value is -4.04. The number of rotatable bonds is 8. The number of hydrogen-bond donors (Lipinski definition) is 2. The Bertz CT molecular complexity index is 1610. The number of nitrogens with zero attached hydrogens (tertiary/aromatic N) is 1. The summed E-state index contributed by atoms with van der Waals surface area (Å²) in [6.07, 6.45) is 0.264. The van der Waals surface area contributed by atoms with Gasteiger partial charge in [-0.3, -0.25) is 9.59 Å². The molecule has 3 aromatic carbocycles. The van der Waals surface area contributed by atoms with E-state index in [9.17, 15) is 18.0 Å². The number of anilines is 1. The molecule has 0 unspecified atom stereocenters. The van der Waals surface area contributed by atoms with Gasteiger partial charge in [-0.05, 0) is 42.2 Å². The first-order valence-corrected chi connectivity index (χ1v) is 14.4. The lowest BCUT2D eigenvalue weighted by molar-refractivity contribution is -0.118. The molecule has 0 aliphatic carbocycles. The van der Waals surface area contributed by atoms with Crippen molar-refractivity contribution in [2.24, 2.45) is 5.41 Å². The van der Waals surface area contributed by atoms with E-state index in [1.807, 2.05) is 51.1 Å². The van der Waals surface area contributed by atoms with E-state index in [0.717, 1.165) is 5.56 Å². The van der Waals surface area contributed by atoms with Crippen LogP contribution in [0.3, 0.4) is 0 Å². The van der Waals surface area contributed by atoms with Crippen LogP contribution in [0.5, 0.6) is 0 Å². The fourth-order valence-corrected chi connectivity index (χ4v) is 6.58.